The Morgan fingerprint density at radius 3 is 2.59 bits per heavy atom. The molecule has 1 aliphatic rings. The summed E-state index contributed by atoms with van der Waals surface area (Å²) >= 11 is 3.54. The molecule has 4 heteroatoms. The van der Waals surface area contributed by atoms with Gasteiger partial charge in [-0.15, -0.1) is 0 Å². The van der Waals surface area contributed by atoms with Crippen LogP contribution in [0, 0.1) is 5.92 Å². The van der Waals surface area contributed by atoms with Crippen molar-refractivity contribution >= 4 is 27.4 Å². The van der Waals surface area contributed by atoms with E-state index < -0.39 is 0 Å². The molecule has 94 valence electrons. The molecule has 0 saturated heterocycles. The molecule has 2 rings (SSSR count). The zero-order valence-electron chi connectivity index (χ0n) is 10.5. The van der Waals surface area contributed by atoms with Crippen molar-refractivity contribution in [3.63, 3.8) is 0 Å². The topological polar surface area (TPSA) is 42.2 Å². The van der Waals surface area contributed by atoms with Crippen LogP contribution < -0.4 is 10.6 Å². The first-order chi connectivity index (χ1) is 8.08. The van der Waals surface area contributed by atoms with E-state index in [1.165, 1.54) is 25.7 Å². The van der Waals surface area contributed by atoms with E-state index >= 15 is 0 Å². The van der Waals surface area contributed by atoms with Gasteiger partial charge in [-0.3, -0.25) is 0 Å². The van der Waals surface area contributed by atoms with Gasteiger partial charge in [-0.2, -0.15) is 0 Å². The second kappa shape index (κ2) is 5.25. The third-order valence-corrected chi connectivity index (χ3v) is 4.29. The quantitative estimate of drug-likeness (QED) is 0.909. The van der Waals surface area contributed by atoms with Crippen LogP contribution in [0.25, 0.3) is 0 Å². The number of anilines is 2. The van der Waals surface area contributed by atoms with Gasteiger partial charge in [0.1, 0.15) is 5.82 Å². The number of halogens is 1. The first-order valence-corrected chi connectivity index (χ1v) is 7.01. The van der Waals surface area contributed by atoms with Gasteiger partial charge in [0, 0.05) is 13.1 Å². The average Bonchev–Trinajstić information content (AvgIpc) is 2.29. The van der Waals surface area contributed by atoms with Crippen LogP contribution in [0.3, 0.4) is 0 Å². The van der Waals surface area contributed by atoms with Crippen molar-refractivity contribution in [1.29, 1.82) is 0 Å². The summed E-state index contributed by atoms with van der Waals surface area (Å²) in [6.07, 6.45) is 6.89. The Morgan fingerprint density at radius 2 is 2.00 bits per heavy atom. The summed E-state index contributed by atoms with van der Waals surface area (Å²) in [6, 6.07) is 2.53. The number of rotatable bonds is 2. The van der Waals surface area contributed by atoms with Crippen molar-refractivity contribution in [2.24, 2.45) is 5.92 Å². The fourth-order valence-electron chi connectivity index (χ4n) is 2.51. The van der Waals surface area contributed by atoms with Gasteiger partial charge in [0.2, 0.25) is 0 Å². The lowest BCUT2D eigenvalue weighted by molar-refractivity contribution is 0.340. The molecule has 1 aromatic rings. The third kappa shape index (κ3) is 2.92. The molecule has 1 aromatic heterocycles. The smallest absolute Gasteiger partial charge is 0.143 e. The minimum Gasteiger partial charge on any atom is -0.397 e. The van der Waals surface area contributed by atoms with E-state index in [9.17, 15) is 0 Å². The van der Waals surface area contributed by atoms with Crippen LogP contribution in [-0.2, 0) is 0 Å². The fourth-order valence-corrected chi connectivity index (χ4v) is 3.15. The largest absolute Gasteiger partial charge is 0.397 e. The van der Waals surface area contributed by atoms with Crippen molar-refractivity contribution in [1.82, 2.24) is 4.98 Å². The minimum atomic E-state index is 0.610. The Kier molecular flexibility index (Phi) is 3.92. The Hall–Kier alpha value is -0.770. The van der Waals surface area contributed by atoms with E-state index in [4.69, 9.17) is 5.73 Å². The van der Waals surface area contributed by atoms with Crippen molar-refractivity contribution in [3.05, 3.63) is 16.7 Å². The van der Waals surface area contributed by atoms with E-state index in [1.54, 1.807) is 6.20 Å². The van der Waals surface area contributed by atoms with Crippen LogP contribution in [0.1, 0.15) is 32.6 Å². The van der Waals surface area contributed by atoms with E-state index in [2.05, 4.69) is 39.8 Å². The molecule has 0 bridgehead atoms. The molecule has 2 N–H and O–H groups in total. The number of nitrogens with zero attached hydrogens (tertiary/aromatic N) is 2. The van der Waals surface area contributed by atoms with Crippen LogP contribution >= 0.6 is 15.9 Å². The molecule has 17 heavy (non-hydrogen) atoms. The molecular weight excluding hydrogens is 278 g/mol. The molecule has 0 aliphatic heterocycles. The fraction of sp³-hybridized carbons (Fsp3) is 0.615. The van der Waals surface area contributed by atoms with Crippen molar-refractivity contribution in [2.75, 3.05) is 17.7 Å². The monoisotopic (exact) mass is 297 g/mol. The molecule has 0 radical (unpaired) electrons. The van der Waals surface area contributed by atoms with Gasteiger partial charge in [0.15, 0.2) is 0 Å². The normalized spacial score (nSPS) is 24.6. The van der Waals surface area contributed by atoms with Crippen LogP contribution in [0.2, 0.25) is 0 Å². The lowest BCUT2D eigenvalue weighted by Gasteiger charge is -2.34. The second-order valence-electron chi connectivity index (χ2n) is 5.10. The Morgan fingerprint density at radius 1 is 1.35 bits per heavy atom. The summed E-state index contributed by atoms with van der Waals surface area (Å²) in [5.74, 6) is 1.88. The van der Waals surface area contributed by atoms with Gasteiger partial charge in [-0.05, 0) is 53.6 Å². The van der Waals surface area contributed by atoms with Gasteiger partial charge in [0.05, 0.1) is 16.4 Å². The van der Waals surface area contributed by atoms with Gasteiger partial charge >= 0.3 is 0 Å². The molecule has 0 atom stereocenters. The Balaban J connectivity index is 2.11. The number of nitrogens with two attached hydrogens (primary N) is 1. The van der Waals surface area contributed by atoms with Crippen LogP contribution in [0.4, 0.5) is 11.5 Å². The highest BCUT2D eigenvalue weighted by Gasteiger charge is 2.23. The molecule has 0 spiro atoms. The van der Waals surface area contributed by atoms with E-state index in [0.717, 1.165) is 16.2 Å². The van der Waals surface area contributed by atoms with Gasteiger partial charge < -0.3 is 10.6 Å². The summed E-state index contributed by atoms with van der Waals surface area (Å²) < 4.78 is 0.985. The standard InChI is InChI=1S/C13H20BrN3/c1-9-3-5-11(6-4-9)17(2)13-12(14)7-10(15)8-16-13/h7-9,11H,3-6,15H2,1-2H3. The first-order valence-electron chi connectivity index (χ1n) is 6.21. The number of hydrogen-bond acceptors (Lipinski definition) is 3. The number of nitrogen functional groups attached to an aromatic ring is 1. The Bertz CT molecular complexity index is 386. The SMILES string of the molecule is CC1CCC(N(C)c2ncc(N)cc2Br)CC1. The highest BCUT2D eigenvalue weighted by Crippen LogP contribution is 2.32. The van der Waals surface area contributed by atoms with Gasteiger partial charge in [-0.1, -0.05) is 6.92 Å². The zero-order valence-corrected chi connectivity index (χ0v) is 12.1. The van der Waals surface area contributed by atoms with Crippen molar-refractivity contribution < 1.29 is 0 Å². The average molecular weight is 298 g/mol. The summed E-state index contributed by atoms with van der Waals surface area (Å²) in [5.41, 5.74) is 6.41. The molecule has 0 aromatic carbocycles. The third-order valence-electron chi connectivity index (χ3n) is 3.71. The van der Waals surface area contributed by atoms with Crippen LogP contribution in [0.15, 0.2) is 16.7 Å². The first kappa shape index (κ1) is 12.7. The van der Waals surface area contributed by atoms with E-state index in [0.29, 0.717) is 11.7 Å². The van der Waals surface area contributed by atoms with E-state index in [1.807, 2.05) is 6.07 Å². The molecule has 1 saturated carbocycles. The van der Waals surface area contributed by atoms with Gasteiger partial charge in [-0.25, -0.2) is 4.98 Å². The Labute approximate surface area is 112 Å². The lowest BCUT2D eigenvalue weighted by Crippen LogP contribution is -2.35. The molecule has 1 heterocycles. The van der Waals surface area contributed by atoms with Crippen molar-refractivity contribution in [2.45, 2.75) is 38.6 Å². The maximum absolute atomic E-state index is 5.71. The highest BCUT2D eigenvalue weighted by molar-refractivity contribution is 9.10. The summed E-state index contributed by atoms with van der Waals surface area (Å²) in [4.78, 5) is 6.71. The summed E-state index contributed by atoms with van der Waals surface area (Å²) in [5, 5.41) is 0. The van der Waals surface area contributed by atoms with Crippen molar-refractivity contribution in [3.8, 4) is 0 Å². The minimum absolute atomic E-state index is 0.610. The lowest BCUT2D eigenvalue weighted by atomic mass is 9.87. The molecular formula is C13H20BrN3. The highest BCUT2D eigenvalue weighted by atomic mass is 79.9. The molecule has 0 unspecified atom stereocenters. The summed E-state index contributed by atoms with van der Waals surface area (Å²) in [6.45, 7) is 2.34. The zero-order chi connectivity index (χ0) is 12.4. The van der Waals surface area contributed by atoms with Crippen LogP contribution in [0.5, 0.6) is 0 Å². The molecule has 1 fully saturated rings. The molecule has 1 aliphatic carbocycles. The molecule has 3 nitrogen and oxygen atoms in total. The van der Waals surface area contributed by atoms with Crippen LogP contribution in [-0.4, -0.2) is 18.1 Å². The number of hydrogen-bond donors (Lipinski definition) is 1. The summed E-state index contributed by atoms with van der Waals surface area (Å²) in [7, 11) is 2.13. The molecule has 0 amide bonds. The number of pyridine rings is 1. The van der Waals surface area contributed by atoms with Gasteiger partial charge in [0.25, 0.3) is 0 Å². The second-order valence-corrected chi connectivity index (χ2v) is 5.95. The van der Waals surface area contributed by atoms with E-state index in [-0.39, 0.29) is 0 Å². The maximum Gasteiger partial charge on any atom is 0.143 e. The number of aromatic nitrogens is 1. The maximum atomic E-state index is 5.71. The predicted octanol–water partition coefficient (Wildman–Crippen LogP) is 3.44. The predicted molar refractivity (Wildman–Crippen MR) is 76.2 cm³/mol.